The third kappa shape index (κ3) is 3.39. The Morgan fingerprint density at radius 3 is 2.83 bits per heavy atom. The van der Waals surface area contributed by atoms with Gasteiger partial charge in [-0.3, -0.25) is 9.47 Å². The lowest BCUT2D eigenvalue weighted by molar-refractivity contribution is 0.136. The van der Waals surface area contributed by atoms with Crippen molar-refractivity contribution in [2.75, 3.05) is 27.2 Å². The summed E-state index contributed by atoms with van der Waals surface area (Å²) in [5.41, 5.74) is 1.14. The third-order valence-corrected chi connectivity index (χ3v) is 5.61. The fourth-order valence-electron chi connectivity index (χ4n) is 3.21. The molecule has 1 aliphatic heterocycles. The summed E-state index contributed by atoms with van der Waals surface area (Å²) < 4.78 is 2.17. The number of thiophene rings is 1. The molecule has 3 heterocycles. The Balaban J connectivity index is 1.80. The first kappa shape index (κ1) is 16.4. The zero-order chi connectivity index (χ0) is 16.4. The van der Waals surface area contributed by atoms with Crippen molar-refractivity contribution in [2.45, 2.75) is 32.4 Å². The van der Waals surface area contributed by atoms with Crippen molar-refractivity contribution in [2.24, 2.45) is 0 Å². The van der Waals surface area contributed by atoms with Gasteiger partial charge in [-0.15, -0.1) is 21.5 Å². The van der Waals surface area contributed by atoms with Crippen LogP contribution in [0.25, 0.3) is 11.1 Å². The Morgan fingerprint density at radius 1 is 1.39 bits per heavy atom. The van der Waals surface area contributed by atoms with E-state index >= 15 is 0 Å². The van der Waals surface area contributed by atoms with Gasteiger partial charge in [-0.25, -0.2) is 0 Å². The minimum Gasteiger partial charge on any atom is -0.306 e. The van der Waals surface area contributed by atoms with Crippen LogP contribution < -0.4 is 0 Å². The first-order valence-electron chi connectivity index (χ1n) is 8.10. The summed E-state index contributed by atoms with van der Waals surface area (Å²) >= 11 is 1.71. The second kappa shape index (κ2) is 6.95. The van der Waals surface area contributed by atoms with Crippen LogP contribution in [0, 0.1) is 6.92 Å². The number of hydrogen-bond donors (Lipinski definition) is 0. The quantitative estimate of drug-likeness (QED) is 0.844. The summed E-state index contributed by atoms with van der Waals surface area (Å²) in [6, 6.07) is 2.72. The number of nitrogens with zero attached hydrogens (tertiary/aromatic N) is 5. The lowest BCUT2D eigenvalue weighted by Gasteiger charge is -2.34. The molecule has 0 aliphatic carbocycles. The summed E-state index contributed by atoms with van der Waals surface area (Å²) in [5, 5.41) is 12.0. The topological polar surface area (TPSA) is 37.2 Å². The molecule has 6 heteroatoms. The summed E-state index contributed by atoms with van der Waals surface area (Å²) in [7, 11) is 4.40. The first-order chi connectivity index (χ1) is 11.1. The average molecular weight is 331 g/mol. The largest absolute Gasteiger partial charge is 0.306 e. The van der Waals surface area contributed by atoms with E-state index in [1.165, 1.54) is 25.9 Å². The lowest BCUT2D eigenvalue weighted by atomic mass is 10.0. The number of aryl methyl sites for hydroxylation is 1. The van der Waals surface area contributed by atoms with Crippen LogP contribution in [0.15, 0.2) is 18.0 Å². The maximum absolute atomic E-state index is 4.43. The molecule has 3 rings (SSSR count). The molecule has 0 amide bonds. The normalized spacial score (nSPS) is 17.0. The Morgan fingerprint density at radius 2 is 2.13 bits per heavy atom. The molecule has 124 valence electrons. The highest BCUT2D eigenvalue weighted by molar-refractivity contribution is 7.12. The van der Waals surface area contributed by atoms with Crippen LogP contribution in [0.2, 0.25) is 0 Å². The van der Waals surface area contributed by atoms with E-state index < -0.39 is 0 Å². The van der Waals surface area contributed by atoms with Crippen molar-refractivity contribution in [3.63, 3.8) is 0 Å². The molecular formula is C17H25N5S. The molecular weight excluding hydrogens is 306 g/mol. The van der Waals surface area contributed by atoms with Gasteiger partial charge in [0.05, 0.1) is 6.54 Å². The van der Waals surface area contributed by atoms with E-state index in [1.807, 2.05) is 13.0 Å². The fraction of sp³-hybridized carbons (Fsp3) is 0.529. The molecule has 0 saturated carbocycles. The highest BCUT2D eigenvalue weighted by Crippen LogP contribution is 2.26. The third-order valence-electron chi connectivity index (χ3n) is 4.69. The molecule has 1 saturated heterocycles. The molecule has 5 nitrogen and oxygen atoms in total. The molecule has 0 bridgehead atoms. The van der Waals surface area contributed by atoms with E-state index in [1.54, 1.807) is 11.3 Å². The van der Waals surface area contributed by atoms with Crippen molar-refractivity contribution < 1.29 is 0 Å². The van der Waals surface area contributed by atoms with Gasteiger partial charge in [0.15, 0.2) is 5.82 Å². The van der Waals surface area contributed by atoms with Crippen molar-refractivity contribution in [1.29, 1.82) is 0 Å². The molecule has 0 aromatic carbocycles. The Labute approximate surface area is 142 Å². The number of piperidine rings is 1. The first-order valence-corrected chi connectivity index (χ1v) is 8.98. The van der Waals surface area contributed by atoms with Crippen LogP contribution in [0.5, 0.6) is 0 Å². The Hall–Kier alpha value is -1.50. The van der Waals surface area contributed by atoms with Crippen LogP contribution in [-0.2, 0) is 6.54 Å². The molecule has 0 N–H and O–H groups in total. The van der Waals surface area contributed by atoms with Crippen LogP contribution in [0.4, 0.5) is 0 Å². The van der Waals surface area contributed by atoms with E-state index in [9.17, 15) is 0 Å². The highest BCUT2D eigenvalue weighted by atomic mass is 32.1. The second-order valence-electron chi connectivity index (χ2n) is 6.33. The van der Waals surface area contributed by atoms with Gasteiger partial charge in [-0.05, 0) is 58.4 Å². The molecule has 0 radical (unpaired) electrons. The van der Waals surface area contributed by atoms with E-state index in [0.29, 0.717) is 6.04 Å². The van der Waals surface area contributed by atoms with Crippen LogP contribution in [0.3, 0.4) is 0 Å². The van der Waals surface area contributed by atoms with Gasteiger partial charge in [0.2, 0.25) is 0 Å². The minimum absolute atomic E-state index is 0.624. The van der Waals surface area contributed by atoms with Crippen molar-refractivity contribution in [1.82, 2.24) is 24.6 Å². The van der Waals surface area contributed by atoms with Gasteiger partial charge in [0, 0.05) is 11.6 Å². The molecule has 23 heavy (non-hydrogen) atoms. The van der Waals surface area contributed by atoms with Gasteiger partial charge in [-0.2, -0.15) is 0 Å². The maximum Gasteiger partial charge on any atom is 0.152 e. The minimum atomic E-state index is 0.624. The Bertz CT molecular complexity index is 666. The van der Waals surface area contributed by atoms with E-state index in [2.05, 4.69) is 56.7 Å². The van der Waals surface area contributed by atoms with Crippen molar-refractivity contribution >= 4 is 17.4 Å². The fourth-order valence-corrected chi connectivity index (χ4v) is 4.18. The van der Waals surface area contributed by atoms with Crippen LogP contribution in [0.1, 0.15) is 30.1 Å². The molecule has 0 atom stereocenters. The monoisotopic (exact) mass is 331 g/mol. The predicted molar refractivity (Wildman–Crippen MR) is 96.1 cm³/mol. The van der Waals surface area contributed by atoms with Gasteiger partial charge in [0.1, 0.15) is 10.8 Å². The zero-order valence-electron chi connectivity index (χ0n) is 14.2. The number of likely N-dealkylation sites (tertiary alicyclic amines) is 1. The standard InChI is InChI=1S/C17H25N5S/c1-5-14-8-11-23-17(14)22-13(2)18-19-16(22)12-21(4)15-6-9-20(3)10-7-15/h5,8,11,15H,1,6-7,9-10,12H2,2-4H3. The summed E-state index contributed by atoms with van der Waals surface area (Å²) in [5.74, 6) is 1.94. The van der Waals surface area contributed by atoms with E-state index in [4.69, 9.17) is 0 Å². The van der Waals surface area contributed by atoms with Crippen molar-refractivity contribution in [3.8, 4) is 5.00 Å². The second-order valence-corrected chi connectivity index (χ2v) is 7.23. The SMILES string of the molecule is C=Cc1ccsc1-n1c(C)nnc1CN(C)C1CCN(C)CC1. The molecule has 1 fully saturated rings. The Kier molecular flexibility index (Phi) is 4.94. The zero-order valence-corrected chi connectivity index (χ0v) is 15.0. The van der Waals surface area contributed by atoms with Crippen LogP contribution >= 0.6 is 11.3 Å². The predicted octanol–water partition coefficient (Wildman–Crippen LogP) is 2.81. The highest BCUT2D eigenvalue weighted by Gasteiger charge is 2.23. The average Bonchev–Trinajstić information content (AvgIpc) is 3.14. The maximum atomic E-state index is 4.43. The summed E-state index contributed by atoms with van der Waals surface area (Å²) in [6.45, 7) is 9.09. The molecule has 1 aliphatic rings. The van der Waals surface area contributed by atoms with Gasteiger partial charge in [0.25, 0.3) is 0 Å². The molecule has 2 aromatic rings. The molecule has 2 aromatic heterocycles. The summed E-state index contributed by atoms with van der Waals surface area (Å²) in [6.07, 6.45) is 4.34. The number of aromatic nitrogens is 3. The molecule has 0 unspecified atom stereocenters. The smallest absolute Gasteiger partial charge is 0.152 e. The van der Waals surface area contributed by atoms with E-state index in [0.717, 1.165) is 28.8 Å². The number of rotatable bonds is 5. The van der Waals surface area contributed by atoms with Gasteiger partial charge in [-0.1, -0.05) is 12.7 Å². The van der Waals surface area contributed by atoms with Gasteiger partial charge >= 0.3 is 0 Å². The summed E-state index contributed by atoms with van der Waals surface area (Å²) in [4.78, 5) is 4.83. The molecule has 0 spiro atoms. The van der Waals surface area contributed by atoms with E-state index in [-0.39, 0.29) is 0 Å². The van der Waals surface area contributed by atoms with Crippen molar-refractivity contribution in [3.05, 3.63) is 35.2 Å². The van der Waals surface area contributed by atoms with Crippen LogP contribution in [-0.4, -0.2) is 57.8 Å². The number of hydrogen-bond acceptors (Lipinski definition) is 5. The lowest BCUT2D eigenvalue weighted by Crippen LogP contribution is -2.41. The van der Waals surface area contributed by atoms with Gasteiger partial charge < -0.3 is 4.90 Å².